The Morgan fingerprint density at radius 2 is 1.69 bits per heavy atom. The summed E-state index contributed by atoms with van der Waals surface area (Å²) in [5, 5.41) is 13.4. The van der Waals surface area contributed by atoms with Gasteiger partial charge in [0.25, 0.3) is 11.5 Å². The van der Waals surface area contributed by atoms with E-state index in [9.17, 15) is 23.9 Å². The molecule has 1 atom stereocenters. The van der Waals surface area contributed by atoms with Gasteiger partial charge in [0.05, 0.1) is 11.6 Å². The van der Waals surface area contributed by atoms with Gasteiger partial charge in [0.15, 0.2) is 6.10 Å². The molecular formula is C26H29FN4O4S. The average Bonchev–Trinajstić information content (AvgIpc) is 2.91. The van der Waals surface area contributed by atoms with Crippen LogP contribution in [0.4, 0.5) is 4.39 Å². The monoisotopic (exact) mass is 512 g/mol. The summed E-state index contributed by atoms with van der Waals surface area (Å²) in [6.45, 7) is 0. The second-order valence-electron chi connectivity index (χ2n) is 9.52. The minimum Gasteiger partial charge on any atom is -0.378 e. The molecule has 2 fully saturated rings. The number of aliphatic hydroxyl groups excluding tert-OH is 1. The van der Waals surface area contributed by atoms with E-state index in [4.69, 9.17) is 0 Å². The van der Waals surface area contributed by atoms with Crippen molar-refractivity contribution in [2.24, 2.45) is 0 Å². The molecule has 8 nitrogen and oxygen atoms in total. The molecule has 36 heavy (non-hydrogen) atoms. The fourth-order valence-electron chi connectivity index (χ4n) is 5.34. The van der Waals surface area contributed by atoms with Crippen molar-refractivity contribution < 1.29 is 14.3 Å². The Morgan fingerprint density at radius 1 is 1.03 bits per heavy atom. The number of rotatable bonds is 5. The highest BCUT2D eigenvalue weighted by Crippen LogP contribution is 2.30. The number of fused-ring (bicyclic) bond motifs is 1. The van der Waals surface area contributed by atoms with E-state index in [2.05, 4.69) is 10.3 Å². The number of carbonyl (C=O) groups excluding carboxylic acids is 1. The Balaban J connectivity index is 1.38. The van der Waals surface area contributed by atoms with Gasteiger partial charge in [0.2, 0.25) is 0 Å². The van der Waals surface area contributed by atoms with Gasteiger partial charge in [-0.3, -0.25) is 18.7 Å². The molecule has 1 unspecified atom stereocenters. The van der Waals surface area contributed by atoms with Crippen LogP contribution >= 0.6 is 11.8 Å². The highest BCUT2D eigenvalue weighted by Gasteiger charge is 2.30. The number of nitrogens with zero attached hydrogens (tertiary/aromatic N) is 3. The number of amides is 1. The predicted molar refractivity (Wildman–Crippen MR) is 137 cm³/mol. The van der Waals surface area contributed by atoms with Crippen LogP contribution in [-0.4, -0.2) is 42.7 Å². The number of hydrogen-bond acceptors (Lipinski definition) is 6. The lowest BCUT2D eigenvalue weighted by atomic mass is 9.90. The van der Waals surface area contributed by atoms with Gasteiger partial charge in [-0.25, -0.2) is 14.2 Å². The third-order valence-corrected chi connectivity index (χ3v) is 8.30. The Bertz CT molecular complexity index is 1360. The summed E-state index contributed by atoms with van der Waals surface area (Å²) in [5.41, 5.74) is -0.143. The first-order valence-electron chi connectivity index (χ1n) is 12.4. The first-order valence-corrected chi connectivity index (χ1v) is 13.5. The smallest absolute Gasteiger partial charge is 0.333 e. The molecule has 1 aromatic carbocycles. The summed E-state index contributed by atoms with van der Waals surface area (Å²) < 4.78 is 16.9. The van der Waals surface area contributed by atoms with E-state index in [0.29, 0.717) is 31.2 Å². The topological polar surface area (TPSA) is 106 Å². The van der Waals surface area contributed by atoms with Crippen LogP contribution in [0.25, 0.3) is 11.0 Å². The maximum absolute atomic E-state index is 14.1. The SMILES string of the molecule is O=C(NC1CCC(n2c(=O)c3cc(F)cnc3n(C3CCSCC3)c2=O)CC1)C(O)c1ccccc1. The van der Waals surface area contributed by atoms with Gasteiger partial charge in [0.1, 0.15) is 11.5 Å². The highest BCUT2D eigenvalue weighted by atomic mass is 32.2. The molecule has 3 heterocycles. The van der Waals surface area contributed by atoms with Gasteiger partial charge >= 0.3 is 5.69 Å². The number of hydrogen-bond donors (Lipinski definition) is 2. The highest BCUT2D eigenvalue weighted by molar-refractivity contribution is 7.99. The van der Waals surface area contributed by atoms with E-state index < -0.39 is 29.1 Å². The largest absolute Gasteiger partial charge is 0.378 e. The zero-order valence-electron chi connectivity index (χ0n) is 19.8. The van der Waals surface area contributed by atoms with Gasteiger partial charge in [0, 0.05) is 18.1 Å². The fourth-order valence-corrected chi connectivity index (χ4v) is 6.43. The summed E-state index contributed by atoms with van der Waals surface area (Å²) >= 11 is 1.83. The molecule has 1 aliphatic carbocycles. The first-order chi connectivity index (χ1) is 17.4. The van der Waals surface area contributed by atoms with E-state index in [1.165, 1.54) is 10.6 Å². The number of aromatic nitrogens is 3. The number of benzene rings is 1. The molecule has 1 saturated heterocycles. The summed E-state index contributed by atoms with van der Waals surface area (Å²) in [6, 6.07) is 9.30. The zero-order valence-corrected chi connectivity index (χ0v) is 20.6. The van der Waals surface area contributed by atoms with Crippen molar-refractivity contribution in [3.8, 4) is 0 Å². The third-order valence-electron chi connectivity index (χ3n) is 7.25. The normalized spacial score (nSPS) is 21.8. The van der Waals surface area contributed by atoms with E-state index in [-0.39, 0.29) is 29.2 Å². The van der Waals surface area contributed by atoms with Crippen LogP contribution in [-0.2, 0) is 4.79 Å². The number of aliphatic hydroxyl groups is 1. The quantitative estimate of drug-likeness (QED) is 0.544. The lowest BCUT2D eigenvalue weighted by molar-refractivity contribution is -0.130. The summed E-state index contributed by atoms with van der Waals surface area (Å²) in [7, 11) is 0. The summed E-state index contributed by atoms with van der Waals surface area (Å²) in [4.78, 5) is 43.8. The average molecular weight is 513 g/mol. The van der Waals surface area contributed by atoms with Crippen molar-refractivity contribution in [1.29, 1.82) is 0 Å². The third kappa shape index (κ3) is 4.84. The summed E-state index contributed by atoms with van der Waals surface area (Å²) in [5.74, 6) is 0.752. The standard InChI is InChI=1S/C26H29FN4O4S/c27-17-14-21-23(28-15-17)30(20-10-12-36-13-11-20)26(35)31(25(21)34)19-8-6-18(7-9-19)29-24(33)22(32)16-4-2-1-3-5-16/h1-5,14-15,18-20,22,32H,6-13H2,(H,29,33). The second-order valence-corrected chi connectivity index (χ2v) is 10.7. The van der Waals surface area contributed by atoms with E-state index in [0.717, 1.165) is 30.5 Å². The number of nitrogens with one attached hydrogen (secondary N) is 1. The molecule has 5 rings (SSSR count). The van der Waals surface area contributed by atoms with Crippen molar-refractivity contribution in [2.75, 3.05) is 11.5 Å². The number of carbonyl (C=O) groups is 1. The molecule has 10 heteroatoms. The number of thioether (sulfide) groups is 1. The van der Waals surface area contributed by atoms with Crippen LogP contribution in [0.15, 0.2) is 52.2 Å². The minimum absolute atomic E-state index is 0.0823. The summed E-state index contributed by atoms with van der Waals surface area (Å²) in [6.07, 6.45) is 3.52. The van der Waals surface area contributed by atoms with E-state index >= 15 is 0 Å². The van der Waals surface area contributed by atoms with Crippen molar-refractivity contribution in [3.63, 3.8) is 0 Å². The molecule has 0 spiro atoms. The van der Waals surface area contributed by atoms with Crippen LogP contribution in [0.3, 0.4) is 0 Å². The van der Waals surface area contributed by atoms with E-state index in [1.54, 1.807) is 28.8 Å². The zero-order chi connectivity index (χ0) is 25.2. The molecule has 1 saturated carbocycles. The molecule has 190 valence electrons. The lowest BCUT2D eigenvalue weighted by Gasteiger charge is -2.32. The minimum atomic E-state index is -1.25. The van der Waals surface area contributed by atoms with Gasteiger partial charge in [-0.05, 0) is 61.7 Å². The molecule has 2 aliphatic rings. The van der Waals surface area contributed by atoms with Crippen LogP contribution < -0.4 is 16.6 Å². The maximum atomic E-state index is 14.1. The Hall–Kier alpha value is -2.98. The van der Waals surface area contributed by atoms with Crippen molar-refractivity contribution in [1.82, 2.24) is 19.4 Å². The van der Waals surface area contributed by atoms with Gasteiger partial charge < -0.3 is 10.4 Å². The Labute approximate surface area is 211 Å². The molecule has 2 N–H and O–H groups in total. The fraction of sp³-hybridized carbons (Fsp3) is 0.462. The van der Waals surface area contributed by atoms with Crippen LogP contribution in [0, 0.1) is 5.82 Å². The van der Waals surface area contributed by atoms with Gasteiger partial charge in [-0.15, -0.1) is 0 Å². The second kappa shape index (κ2) is 10.6. The Kier molecular flexibility index (Phi) is 7.25. The van der Waals surface area contributed by atoms with Crippen LogP contribution in [0.1, 0.15) is 62.3 Å². The molecular weight excluding hydrogens is 483 g/mol. The van der Waals surface area contributed by atoms with E-state index in [1.807, 2.05) is 17.8 Å². The Morgan fingerprint density at radius 3 is 2.39 bits per heavy atom. The maximum Gasteiger partial charge on any atom is 0.333 e. The van der Waals surface area contributed by atoms with Gasteiger partial charge in [-0.2, -0.15) is 11.8 Å². The van der Waals surface area contributed by atoms with Crippen molar-refractivity contribution >= 4 is 28.7 Å². The van der Waals surface area contributed by atoms with Crippen molar-refractivity contribution in [3.05, 3.63) is 74.8 Å². The molecule has 2 aromatic heterocycles. The number of pyridine rings is 1. The molecule has 1 amide bonds. The van der Waals surface area contributed by atoms with Crippen molar-refractivity contribution in [2.45, 2.75) is 62.8 Å². The molecule has 0 radical (unpaired) electrons. The van der Waals surface area contributed by atoms with Gasteiger partial charge in [-0.1, -0.05) is 30.3 Å². The molecule has 1 aliphatic heterocycles. The lowest BCUT2D eigenvalue weighted by Crippen LogP contribution is -2.47. The first kappa shape index (κ1) is 24.7. The van der Waals surface area contributed by atoms with Crippen LogP contribution in [0.2, 0.25) is 0 Å². The molecule has 0 bridgehead atoms. The van der Waals surface area contributed by atoms with Crippen LogP contribution in [0.5, 0.6) is 0 Å². The number of halogens is 1. The molecule has 3 aromatic rings. The predicted octanol–water partition coefficient (Wildman–Crippen LogP) is 3.10.